The van der Waals surface area contributed by atoms with Crippen LogP contribution in [0.3, 0.4) is 0 Å². The Morgan fingerprint density at radius 1 is 1.42 bits per heavy atom. The van der Waals surface area contributed by atoms with E-state index in [-0.39, 0.29) is 0 Å². The van der Waals surface area contributed by atoms with Crippen LogP contribution in [0.4, 0.5) is 0 Å². The van der Waals surface area contributed by atoms with Crippen LogP contribution in [0.1, 0.15) is 0 Å². The van der Waals surface area contributed by atoms with Crippen molar-refractivity contribution in [1.29, 1.82) is 0 Å². The molecule has 0 spiro atoms. The molecule has 74 valence electrons. The van der Waals surface area contributed by atoms with Crippen LogP contribution >= 0.6 is 22.6 Å². The Kier molecular flexibility index (Phi) is 5.57. The zero-order valence-electron chi connectivity index (χ0n) is 6.47. The molecular weight excluding hydrogens is 299 g/mol. The zero-order chi connectivity index (χ0) is 9.78. The van der Waals surface area contributed by atoms with Gasteiger partial charge in [0.05, 0.1) is 19.0 Å². The largest absolute Gasteiger partial charge is 0.390 e. The molecule has 0 fully saturated rings. The highest BCUT2D eigenvalue weighted by atomic mass is 127. The van der Waals surface area contributed by atoms with Gasteiger partial charge in [-0.3, -0.25) is 4.18 Å². The van der Waals surface area contributed by atoms with E-state index in [1.165, 1.54) is 0 Å². The minimum Gasteiger partial charge on any atom is -0.390 e. The summed E-state index contributed by atoms with van der Waals surface area (Å²) in [5, 5.41) is 18.0. The second-order valence-corrected chi connectivity index (χ2v) is 4.80. The van der Waals surface area contributed by atoms with Gasteiger partial charge in [-0.2, -0.15) is 8.42 Å². The maximum Gasteiger partial charge on any atom is 0.264 e. The lowest BCUT2D eigenvalue weighted by molar-refractivity contribution is 0.00787. The molecule has 0 aliphatic carbocycles. The average Bonchev–Trinajstić information content (AvgIpc) is 1.97. The number of rotatable bonds is 5. The van der Waals surface area contributed by atoms with Crippen LogP contribution in [-0.4, -0.2) is 48.1 Å². The predicted molar refractivity (Wildman–Crippen MR) is 51.7 cm³/mol. The molecule has 5 nitrogen and oxygen atoms in total. The number of hydrogen-bond acceptors (Lipinski definition) is 5. The Balaban J connectivity index is 3.79. The van der Waals surface area contributed by atoms with Crippen molar-refractivity contribution < 1.29 is 22.8 Å². The topological polar surface area (TPSA) is 83.8 Å². The summed E-state index contributed by atoms with van der Waals surface area (Å²) in [6.45, 7) is -0.400. The first-order valence-corrected chi connectivity index (χ1v) is 6.47. The van der Waals surface area contributed by atoms with Gasteiger partial charge in [-0.25, -0.2) is 0 Å². The van der Waals surface area contributed by atoms with Crippen molar-refractivity contribution in [2.45, 2.75) is 12.2 Å². The van der Waals surface area contributed by atoms with Gasteiger partial charge in [0.2, 0.25) is 0 Å². The van der Waals surface area contributed by atoms with Gasteiger partial charge >= 0.3 is 0 Å². The Morgan fingerprint density at radius 3 is 2.25 bits per heavy atom. The molecule has 2 atom stereocenters. The Labute approximate surface area is 85.0 Å². The average molecular weight is 310 g/mol. The highest BCUT2D eigenvalue weighted by Gasteiger charge is 2.16. The molecule has 0 radical (unpaired) electrons. The number of aliphatic hydroxyl groups is 2. The van der Waals surface area contributed by atoms with Gasteiger partial charge in [0.1, 0.15) is 6.10 Å². The van der Waals surface area contributed by atoms with E-state index >= 15 is 0 Å². The van der Waals surface area contributed by atoms with Gasteiger partial charge < -0.3 is 10.2 Å². The van der Waals surface area contributed by atoms with E-state index in [0.717, 1.165) is 6.26 Å². The van der Waals surface area contributed by atoms with Crippen LogP contribution in [0.5, 0.6) is 0 Å². The summed E-state index contributed by atoms with van der Waals surface area (Å²) in [5.74, 6) is 0. The van der Waals surface area contributed by atoms with E-state index in [2.05, 4.69) is 4.18 Å². The molecule has 0 aromatic rings. The van der Waals surface area contributed by atoms with Gasteiger partial charge in [0.15, 0.2) is 0 Å². The standard InChI is InChI=1S/C5H11IO5S/c1-12(9,10)11-3-5(8)4(7)2-6/h4-5,7-8H,2-3H2,1H3. The van der Waals surface area contributed by atoms with Gasteiger partial charge in [-0.1, -0.05) is 22.6 Å². The summed E-state index contributed by atoms with van der Waals surface area (Å²) >= 11 is 1.87. The first-order valence-electron chi connectivity index (χ1n) is 3.13. The number of halogens is 1. The minimum absolute atomic E-state index is 0.325. The summed E-state index contributed by atoms with van der Waals surface area (Å²) in [6, 6.07) is 0. The van der Waals surface area contributed by atoms with Crippen molar-refractivity contribution in [3.63, 3.8) is 0 Å². The summed E-state index contributed by atoms with van der Waals surface area (Å²) in [7, 11) is -3.53. The molecule has 2 N–H and O–H groups in total. The third kappa shape index (κ3) is 6.12. The third-order valence-corrected chi connectivity index (χ3v) is 2.52. The molecule has 0 rings (SSSR count). The normalized spacial score (nSPS) is 17.3. The summed E-state index contributed by atoms with van der Waals surface area (Å²) in [6.07, 6.45) is -1.22. The highest BCUT2D eigenvalue weighted by Crippen LogP contribution is 2.00. The fraction of sp³-hybridized carbons (Fsp3) is 1.00. The molecule has 0 amide bonds. The first kappa shape index (κ1) is 12.6. The number of alkyl halides is 1. The maximum absolute atomic E-state index is 10.4. The molecule has 0 aromatic heterocycles. The van der Waals surface area contributed by atoms with Crippen LogP contribution in [-0.2, 0) is 14.3 Å². The molecule has 0 aliphatic rings. The van der Waals surface area contributed by atoms with Crippen molar-refractivity contribution in [1.82, 2.24) is 0 Å². The van der Waals surface area contributed by atoms with Gasteiger partial charge in [-0.05, 0) is 0 Å². The molecule has 2 unspecified atom stereocenters. The predicted octanol–water partition coefficient (Wildman–Crippen LogP) is -0.881. The van der Waals surface area contributed by atoms with E-state index in [9.17, 15) is 8.42 Å². The SMILES string of the molecule is CS(=O)(=O)OCC(O)C(O)CI. The molecular formula is C5H11IO5S. The van der Waals surface area contributed by atoms with E-state index in [4.69, 9.17) is 10.2 Å². The molecule has 0 heterocycles. The van der Waals surface area contributed by atoms with Crippen molar-refractivity contribution in [2.75, 3.05) is 17.3 Å². The summed E-state index contributed by atoms with van der Waals surface area (Å²) < 4.78 is 25.5. The Morgan fingerprint density at radius 2 is 1.92 bits per heavy atom. The van der Waals surface area contributed by atoms with Crippen LogP contribution in [0.15, 0.2) is 0 Å². The van der Waals surface area contributed by atoms with Crippen LogP contribution < -0.4 is 0 Å². The Bertz CT molecular complexity index is 214. The van der Waals surface area contributed by atoms with Crippen molar-refractivity contribution >= 4 is 32.7 Å². The highest BCUT2D eigenvalue weighted by molar-refractivity contribution is 14.1. The quantitative estimate of drug-likeness (QED) is 0.391. The fourth-order valence-electron chi connectivity index (χ4n) is 0.407. The lowest BCUT2D eigenvalue weighted by atomic mass is 10.2. The fourth-order valence-corrected chi connectivity index (χ4v) is 1.38. The molecule has 0 saturated carbocycles. The number of hydrogen-bond donors (Lipinski definition) is 2. The van der Waals surface area contributed by atoms with Crippen molar-refractivity contribution in [3.05, 3.63) is 0 Å². The van der Waals surface area contributed by atoms with Gasteiger partial charge in [0.25, 0.3) is 10.1 Å². The lowest BCUT2D eigenvalue weighted by Gasteiger charge is -2.14. The first-order chi connectivity index (χ1) is 5.37. The number of aliphatic hydroxyl groups excluding tert-OH is 2. The van der Waals surface area contributed by atoms with Crippen molar-refractivity contribution in [2.24, 2.45) is 0 Å². The van der Waals surface area contributed by atoms with E-state index in [0.29, 0.717) is 4.43 Å². The maximum atomic E-state index is 10.4. The summed E-state index contributed by atoms with van der Waals surface area (Å²) in [5.41, 5.74) is 0. The summed E-state index contributed by atoms with van der Waals surface area (Å²) in [4.78, 5) is 0. The molecule has 0 saturated heterocycles. The van der Waals surface area contributed by atoms with E-state index in [1.54, 1.807) is 0 Å². The van der Waals surface area contributed by atoms with Crippen molar-refractivity contribution in [3.8, 4) is 0 Å². The monoisotopic (exact) mass is 310 g/mol. The van der Waals surface area contributed by atoms with E-state index < -0.39 is 28.9 Å². The van der Waals surface area contributed by atoms with Crippen LogP contribution in [0.25, 0.3) is 0 Å². The third-order valence-electron chi connectivity index (χ3n) is 1.06. The second-order valence-electron chi connectivity index (χ2n) is 2.28. The lowest BCUT2D eigenvalue weighted by Crippen LogP contribution is -2.32. The smallest absolute Gasteiger partial charge is 0.264 e. The zero-order valence-corrected chi connectivity index (χ0v) is 9.45. The van der Waals surface area contributed by atoms with Gasteiger partial charge in [-0.15, -0.1) is 0 Å². The molecule has 7 heteroatoms. The van der Waals surface area contributed by atoms with E-state index in [1.807, 2.05) is 22.6 Å². The Hall–Kier alpha value is 0.560. The minimum atomic E-state index is -3.53. The molecule has 0 bridgehead atoms. The van der Waals surface area contributed by atoms with Gasteiger partial charge in [0, 0.05) is 4.43 Å². The van der Waals surface area contributed by atoms with Crippen LogP contribution in [0, 0.1) is 0 Å². The molecule has 0 aromatic carbocycles. The molecule has 12 heavy (non-hydrogen) atoms. The second kappa shape index (κ2) is 5.32. The molecule has 0 aliphatic heterocycles. The van der Waals surface area contributed by atoms with Crippen LogP contribution in [0.2, 0.25) is 0 Å².